The Morgan fingerprint density at radius 1 is 1.38 bits per heavy atom. The highest BCUT2D eigenvalue weighted by molar-refractivity contribution is 7.10. The van der Waals surface area contributed by atoms with Gasteiger partial charge in [-0.15, -0.1) is 11.3 Å². The van der Waals surface area contributed by atoms with Crippen molar-refractivity contribution >= 4 is 28.8 Å². The van der Waals surface area contributed by atoms with Gasteiger partial charge in [0.15, 0.2) is 0 Å². The first-order chi connectivity index (χ1) is 10.2. The Bertz CT molecular complexity index is 685. The summed E-state index contributed by atoms with van der Waals surface area (Å²) in [6.45, 7) is 0.525. The number of nitrogens with one attached hydrogen (secondary N) is 1. The molecular weight excluding hydrogens is 306 g/mol. The minimum Gasteiger partial charge on any atom is -0.395 e. The molecule has 1 amide bonds. The minimum atomic E-state index is -0.154. The molecule has 0 atom stereocenters. The van der Waals surface area contributed by atoms with Crippen molar-refractivity contribution in [2.24, 2.45) is 0 Å². The molecule has 2 rings (SSSR count). The molecule has 0 aliphatic heterocycles. The standard InChI is InChI=1S/C16H14ClNO2S/c17-14-6-3-5-13(9-14)16(20)18-10-15-8-12(11-21-15)4-1-2-7-19/h3,5-6,8-9,11,19H,2,7,10H2,(H,18,20). The Labute approximate surface area is 132 Å². The number of aliphatic hydroxyl groups excluding tert-OH is 1. The zero-order chi connectivity index (χ0) is 15.1. The fourth-order valence-corrected chi connectivity index (χ4v) is 2.60. The molecule has 5 heteroatoms. The summed E-state index contributed by atoms with van der Waals surface area (Å²) in [5.41, 5.74) is 1.45. The first-order valence-electron chi connectivity index (χ1n) is 6.40. The molecule has 21 heavy (non-hydrogen) atoms. The lowest BCUT2D eigenvalue weighted by atomic mass is 10.2. The highest BCUT2D eigenvalue weighted by Gasteiger charge is 2.06. The van der Waals surface area contributed by atoms with E-state index in [1.54, 1.807) is 35.6 Å². The van der Waals surface area contributed by atoms with Gasteiger partial charge in [-0.05, 0) is 24.3 Å². The van der Waals surface area contributed by atoms with E-state index in [4.69, 9.17) is 16.7 Å². The van der Waals surface area contributed by atoms with Gasteiger partial charge in [-0.25, -0.2) is 0 Å². The van der Waals surface area contributed by atoms with Crippen molar-refractivity contribution in [1.29, 1.82) is 0 Å². The summed E-state index contributed by atoms with van der Waals surface area (Å²) in [5, 5.41) is 14.0. The average molecular weight is 320 g/mol. The third kappa shape index (κ3) is 4.91. The van der Waals surface area contributed by atoms with E-state index >= 15 is 0 Å². The van der Waals surface area contributed by atoms with Gasteiger partial charge in [0.2, 0.25) is 0 Å². The molecule has 0 radical (unpaired) electrons. The van der Waals surface area contributed by atoms with E-state index in [1.165, 1.54) is 0 Å². The van der Waals surface area contributed by atoms with Gasteiger partial charge < -0.3 is 10.4 Å². The average Bonchev–Trinajstić information content (AvgIpc) is 2.93. The van der Waals surface area contributed by atoms with Gasteiger partial charge >= 0.3 is 0 Å². The lowest BCUT2D eigenvalue weighted by molar-refractivity contribution is 0.0951. The maximum Gasteiger partial charge on any atom is 0.251 e. The van der Waals surface area contributed by atoms with Gasteiger partial charge in [0, 0.05) is 32.8 Å². The smallest absolute Gasteiger partial charge is 0.251 e. The van der Waals surface area contributed by atoms with Gasteiger partial charge in [0.1, 0.15) is 0 Å². The van der Waals surface area contributed by atoms with Gasteiger partial charge in [0.05, 0.1) is 13.2 Å². The molecule has 0 fully saturated rings. The predicted molar refractivity (Wildman–Crippen MR) is 85.5 cm³/mol. The van der Waals surface area contributed by atoms with Crippen LogP contribution < -0.4 is 5.32 Å². The van der Waals surface area contributed by atoms with Crippen molar-refractivity contribution < 1.29 is 9.90 Å². The SMILES string of the molecule is O=C(NCc1cc(C#CCCO)cs1)c1cccc(Cl)c1. The van der Waals surface area contributed by atoms with Gasteiger partial charge in [-0.1, -0.05) is 29.5 Å². The number of amides is 1. The Morgan fingerprint density at radius 2 is 2.24 bits per heavy atom. The lowest BCUT2D eigenvalue weighted by Gasteiger charge is -2.03. The second-order valence-corrected chi connectivity index (χ2v) is 5.70. The Kier molecular flexibility index (Phi) is 5.82. The zero-order valence-corrected chi connectivity index (χ0v) is 12.8. The number of hydrogen-bond acceptors (Lipinski definition) is 3. The monoisotopic (exact) mass is 319 g/mol. The minimum absolute atomic E-state index is 0.0691. The quantitative estimate of drug-likeness (QED) is 0.851. The second-order valence-electron chi connectivity index (χ2n) is 4.27. The fraction of sp³-hybridized carbons (Fsp3) is 0.188. The molecule has 108 valence electrons. The maximum absolute atomic E-state index is 12.0. The third-order valence-electron chi connectivity index (χ3n) is 2.63. The normalized spacial score (nSPS) is 9.81. The number of carbonyl (C=O) groups is 1. The Balaban J connectivity index is 1.91. The number of benzene rings is 1. The molecule has 0 spiro atoms. The topological polar surface area (TPSA) is 49.3 Å². The number of hydrogen-bond donors (Lipinski definition) is 2. The van der Waals surface area contributed by atoms with Crippen molar-refractivity contribution in [2.45, 2.75) is 13.0 Å². The summed E-state index contributed by atoms with van der Waals surface area (Å²) in [5.74, 6) is 5.68. The Morgan fingerprint density at radius 3 is 3.00 bits per heavy atom. The van der Waals surface area contributed by atoms with E-state index in [0.717, 1.165) is 10.4 Å². The second kappa shape index (κ2) is 7.84. The summed E-state index contributed by atoms with van der Waals surface area (Å²) < 4.78 is 0. The number of aliphatic hydroxyl groups is 1. The summed E-state index contributed by atoms with van der Waals surface area (Å²) in [4.78, 5) is 13.0. The van der Waals surface area contributed by atoms with E-state index in [9.17, 15) is 4.79 Å². The molecule has 1 aromatic carbocycles. The van der Waals surface area contributed by atoms with Crippen LogP contribution in [-0.4, -0.2) is 17.6 Å². The summed E-state index contributed by atoms with van der Waals surface area (Å²) in [7, 11) is 0. The van der Waals surface area contributed by atoms with E-state index in [2.05, 4.69) is 17.2 Å². The molecule has 1 heterocycles. The highest BCUT2D eigenvalue weighted by Crippen LogP contribution is 2.14. The molecule has 2 aromatic rings. The van der Waals surface area contributed by atoms with E-state index < -0.39 is 0 Å². The van der Waals surface area contributed by atoms with E-state index in [1.807, 2.05) is 11.4 Å². The van der Waals surface area contributed by atoms with Crippen LogP contribution >= 0.6 is 22.9 Å². The number of thiophene rings is 1. The van der Waals surface area contributed by atoms with Crippen LogP contribution in [0.1, 0.15) is 27.2 Å². The predicted octanol–water partition coefficient (Wildman–Crippen LogP) is 3.07. The van der Waals surface area contributed by atoms with Crippen LogP contribution in [0.3, 0.4) is 0 Å². The van der Waals surface area contributed by atoms with Crippen molar-refractivity contribution in [3.63, 3.8) is 0 Å². The molecule has 0 aliphatic carbocycles. The molecule has 0 saturated carbocycles. The Hall–Kier alpha value is -1.80. The summed E-state index contributed by atoms with van der Waals surface area (Å²) >= 11 is 7.40. The van der Waals surface area contributed by atoms with E-state index in [-0.39, 0.29) is 12.5 Å². The van der Waals surface area contributed by atoms with E-state index in [0.29, 0.717) is 23.6 Å². The molecule has 0 saturated heterocycles. The van der Waals surface area contributed by atoms with Gasteiger partial charge in [-0.2, -0.15) is 0 Å². The number of carbonyl (C=O) groups excluding carboxylic acids is 1. The summed E-state index contributed by atoms with van der Waals surface area (Å²) in [6, 6.07) is 8.78. The molecular formula is C16H14ClNO2S. The zero-order valence-electron chi connectivity index (χ0n) is 11.2. The molecule has 3 nitrogen and oxygen atoms in total. The lowest BCUT2D eigenvalue weighted by Crippen LogP contribution is -2.22. The van der Waals surface area contributed by atoms with Crippen molar-refractivity contribution in [3.8, 4) is 11.8 Å². The third-order valence-corrected chi connectivity index (χ3v) is 3.81. The van der Waals surface area contributed by atoms with Crippen molar-refractivity contribution in [1.82, 2.24) is 5.32 Å². The molecule has 1 aromatic heterocycles. The van der Waals surface area contributed by atoms with Crippen LogP contribution in [0, 0.1) is 11.8 Å². The number of rotatable bonds is 4. The van der Waals surface area contributed by atoms with Gasteiger partial charge in [-0.3, -0.25) is 4.79 Å². The van der Waals surface area contributed by atoms with Crippen LogP contribution in [0.4, 0.5) is 0 Å². The fourth-order valence-electron chi connectivity index (χ4n) is 1.66. The highest BCUT2D eigenvalue weighted by atomic mass is 35.5. The van der Waals surface area contributed by atoms with Crippen LogP contribution in [0.25, 0.3) is 0 Å². The first-order valence-corrected chi connectivity index (χ1v) is 7.65. The molecule has 2 N–H and O–H groups in total. The summed E-state index contributed by atoms with van der Waals surface area (Å²) in [6.07, 6.45) is 0.469. The number of halogens is 1. The van der Waals surface area contributed by atoms with Crippen LogP contribution in [-0.2, 0) is 6.54 Å². The maximum atomic E-state index is 12.0. The van der Waals surface area contributed by atoms with Crippen LogP contribution in [0.15, 0.2) is 35.7 Å². The van der Waals surface area contributed by atoms with Gasteiger partial charge in [0.25, 0.3) is 5.91 Å². The van der Waals surface area contributed by atoms with Crippen LogP contribution in [0.2, 0.25) is 5.02 Å². The van der Waals surface area contributed by atoms with Crippen molar-refractivity contribution in [3.05, 3.63) is 56.7 Å². The van der Waals surface area contributed by atoms with Crippen molar-refractivity contribution in [2.75, 3.05) is 6.61 Å². The molecule has 0 bridgehead atoms. The molecule has 0 unspecified atom stereocenters. The first kappa shape index (κ1) is 15.6. The molecule has 0 aliphatic rings. The largest absolute Gasteiger partial charge is 0.395 e. The van der Waals surface area contributed by atoms with Crippen LogP contribution in [0.5, 0.6) is 0 Å².